The Morgan fingerprint density at radius 3 is 2.50 bits per heavy atom. The lowest BCUT2D eigenvalue weighted by molar-refractivity contribution is 0.0754. The molecule has 0 aliphatic carbocycles. The molecule has 1 unspecified atom stereocenters. The van der Waals surface area contributed by atoms with Crippen LogP contribution in [0.5, 0.6) is 0 Å². The molecule has 0 spiro atoms. The normalized spacial score (nSPS) is 17.1. The van der Waals surface area contributed by atoms with Crippen LogP contribution in [-0.4, -0.2) is 29.1 Å². The van der Waals surface area contributed by atoms with Crippen LogP contribution in [0.1, 0.15) is 41.1 Å². The number of hydrogen-bond donors (Lipinski definition) is 0. The molecule has 0 N–H and O–H groups in total. The fourth-order valence-corrected chi connectivity index (χ4v) is 4.38. The molecule has 2 heterocycles. The highest BCUT2D eigenvalue weighted by Gasteiger charge is 2.24. The van der Waals surface area contributed by atoms with Crippen molar-refractivity contribution in [3.05, 3.63) is 90.0 Å². The topological polar surface area (TPSA) is 46.3 Å². The van der Waals surface area contributed by atoms with E-state index in [1.54, 1.807) is 0 Å². The van der Waals surface area contributed by atoms with E-state index in [0.29, 0.717) is 17.2 Å². The van der Waals surface area contributed by atoms with E-state index in [0.717, 1.165) is 48.8 Å². The lowest BCUT2D eigenvalue weighted by Gasteiger charge is -2.25. The highest BCUT2D eigenvalue weighted by atomic mass is 16.5. The van der Waals surface area contributed by atoms with E-state index >= 15 is 0 Å². The van der Waals surface area contributed by atoms with Gasteiger partial charge in [0.05, 0.1) is 5.39 Å². The Balaban J connectivity index is 1.45. The second kappa shape index (κ2) is 8.15. The van der Waals surface area contributed by atoms with Crippen molar-refractivity contribution in [2.45, 2.75) is 25.2 Å². The van der Waals surface area contributed by atoms with E-state index in [1.165, 1.54) is 5.56 Å². The molecule has 0 bridgehead atoms. The van der Waals surface area contributed by atoms with Gasteiger partial charge in [0.2, 0.25) is 0 Å². The quantitative estimate of drug-likeness (QED) is 0.433. The third-order valence-corrected chi connectivity index (χ3v) is 5.99. The Morgan fingerprint density at radius 2 is 1.70 bits per heavy atom. The number of aromatic nitrogens is 1. The van der Waals surface area contributed by atoms with Crippen molar-refractivity contribution < 1.29 is 9.32 Å². The van der Waals surface area contributed by atoms with Crippen molar-refractivity contribution in [2.24, 2.45) is 0 Å². The summed E-state index contributed by atoms with van der Waals surface area (Å²) in [6.07, 6.45) is 3.31. The fourth-order valence-electron chi connectivity index (χ4n) is 4.38. The molecular weight excluding hydrogens is 372 g/mol. The average molecular weight is 396 g/mol. The fraction of sp³-hybridized carbons (Fsp3) is 0.231. The van der Waals surface area contributed by atoms with Crippen LogP contribution in [0, 0.1) is 0 Å². The molecule has 0 saturated carbocycles. The molecule has 1 saturated heterocycles. The number of benzene rings is 3. The van der Waals surface area contributed by atoms with Gasteiger partial charge in [0.1, 0.15) is 5.52 Å². The number of carbonyl (C=O) groups is 1. The summed E-state index contributed by atoms with van der Waals surface area (Å²) < 4.78 is 5.60. The lowest BCUT2D eigenvalue weighted by Crippen LogP contribution is -2.34. The van der Waals surface area contributed by atoms with Crippen LogP contribution in [0.4, 0.5) is 0 Å². The van der Waals surface area contributed by atoms with Gasteiger partial charge in [-0.1, -0.05) is 72.2 Å². The van der Waals surface area contributed by atoms with Gasteiger partial charge in [0.25, 0.3) is 5.91 Å². The van der Waals surface area contributed by atoms with E-state index in [1.807, 2.05) is 59.5 Å². The molecule has 4 aromatic rings. The van der Waals surface area contributed by atoms with Crippen LogP contribution in [0.15, 0.2) is 83.4 Å². The van der Waals surface area contributed by atoms with E-state index < -0.39 is 0 Å². The number of hydrogen-bond acceptors (Lipinski definition) is 3. The lowest BCUT2D eigenvalue weighted by atomic mass is 9.94. The van der Waals surface area contributed by atoms with Crippen LogP contribution in [0.2, 0.25) is 0 Å². The summed E-state index contributed by atoms with van der Waals surface area (Å²) in [4.78, 5) is 15.4. The summed E-state index contributed by atoms with van der Waals surface area (Å²) in [5.74, 6) is 1.18. The average Bonchev–Trinajstić information content (AvgIpc) is 3.07. The van der Waals surface area contributed by atoms with Gasteiger partial charge < -0.3 is 9.42 Å². The van der Waals surface area contributed by atoms with Crippen LogP contribution < -0.4 is 0 Å². The first-order chi connectivity index (χ1) is 14.8. The van der Waals surface area contributed by atoms with Crippen LogP contribution in [0.3, 0.4) is 0 Å². The molecule has 0 radical (unpaired) electrons. The third kappa shape index (κ3) is 3.61. The zero-order valence-electron chi connectivity index (χ0n) is 16.8. The summed E-state index contributed by atoms with van der Waals surface area (Å²) in [5, 5.41) is 5.05. The van der Waals surface area contributed by atoms with Crippen molar-refractivity contribution in [1.29, 1.82) is 0 Å². The van der Waals surface area contributed by atoms with Gasteiger partial charge in [-0.15, -0.1) is 0 Å². The second-order valence-electron chi connectivity index (χ2n) is 7.96. The van der Waals surface area contributed by atoms with Gasteiger partial charge >= 0.3 is 0 Å². The predicted molar refractivity (Wildman–Crippen MR) is 118 cm³/mol. The molecule has 5 rings (SSSR count). The summed E-state index contributed by atoms with van der Waals surface area (Å²) in [6.45, 7) is 1.56. The maximum Gasteiger partial charge on any atom is 0.253 e. The zero-order chi connectivity index (χ0) is 20.3. The molecule has 1 amide bonds. The van der Waals surface area contributed by atoms with Gasteiger partial charge in [-0.2, -0.15) is 0 Å². The molecule has 30 heavy (non-hydrogen) atoms. The third-order valence-electron chi connectivity index (χ3n) is 5.99. The predicted octanol–water partition coefficient (Wildman–Crippen LogP) is 5.90. The Kier molecular flexibility index (Phi) is 5.06. The largest absolute Gasteiger partial charge is 0.355 e. The maximum atomic E-state index is 13.4. The van der Waals surface area contributed by atoms with Gasteiger partial charge in [0.15, 0.2) is 5.76 Å². The zero-order valence-corrected chi connectivity index (χ0v) is 16.8. The van der Waals surface area contributed by atoms with Crippen molar-refractivity contribution in [3.63, 3.8) is 0 Å². The Morgan fingerprint density at radius 1 is 0.933 bits per heavy atom. The first-order valence-electron chi connectivity index (χ1n) is 10.6. The molecule has 4 nitrogen and oxygen atoms in total. The number of carbonyl (C=O) groups excluding carboxylic acids is 1. The Labute approximate surface area is 176 Å². The van der Waals surface area contributed by atoms with Gasteiger partial charge in [-0.3, -0.25) is 4.79 Å². The molecule has 1 atom stereocenters. The minimum Gasteiger partial charge on any atom is -0.355 e. The molecule has 1 aromatic heterocycles. The second-order valence-corrected chi connectivity index (χ2v) is 7.96. The monoisotopic (exact) mass is 396 g/mol. The Bertz CT molecular complexity index is 1150. The number of nitrogens with zero attached hydrogens (tertiary/aromatic N) is 2. The minimum absolute atomic E-state index is 0.0833. The van der Waals surface area contributed by atoms with Crippen molar-refractivity contribution in [2.75, 3.05) is 13.1 Å². The van der Waals surface area contributed by atoms with E-state index in [9.17, 15) is 4.79 Å². The van der Waals surface area contributed by atoms with Gasteiger partial charge in [-0.05, 0) is 36.6 Å². The van der Waals surface area contributed by atoms with Crippen LogP contribution >= 0.6 is 0 Å². The van der Waals surface area contributed by atoms with Crippen LogP contribution in [-0.2, 0) is 0 Å². The summed E-state index contributed by atoms with van der Waals surface area (Å²) in [5.41, 5.74) is 3.74. The molecule has 3 aromatic carbocycles. The first kappa shape index (κ1) is 18.6. The smallest absolute Gasteiger partial charge is 0.253 e. The number of fused-ring (bicyclic) bond motifs is 1. The maximum absolute atomic E-state index is 13.4. The SMILES string of the molecule is O=C(c1ccc2noc(-c3ccccc3)c2c1)N1CCCCC(c2ccccc2)C1. The summed E-state index contributed by atoms with van der Waals surface area (Å²) in [6, 6.07) is 26.1. The van der Waals surface area contributed by atoms with E-state index in [2.05, 4.69) is 29.4 Å². The molecular formula is C26H24N2O2. The number of likely N-dealkylation sites (tertiary alicyclic amines) is 1. The van der Waals surface area contributed by atoms with E-state index in [-0.39, 0.29) is 5.91 Å². The van der Waals surface area contributed by atoms with Gasteiger partial charge in [-0.25, -0.2) is 0 Å². The molecule has 150 valence electrons. The summed E-state index contributed by atoms with van der Waals surface area (Å²) >= 11 is 0. The molecule has 4 heteroatoms. The minimum atomic E-state index is 0.0833. The van der Waals surface area contributed by atoms with Crippen molar-refractivity contribution in [1.82, 2.24) is 10.1 Å². The van der Waals surface area contributed by atoms with Crippen molar-refractivity contribution in [3.8, 4) is 11.3 Å². The first-order valence-corrected chi connectivity index (χ1v) is 10.6. The number of amides is 1. The molecule has 1 fully saturated rings. The van der Waals surface area contributed by atoms with Gasteiger partial charge in [0, 0.05) is 30.1 Å². The summed E-state index contributed by atoms with van der Waals surface area (Å²) in [7, 11) is 0. The highest BCUT2D eigenvalue weighted by Crippen LogP contribution is 2.31. The Hall–Kier alpha value is -3.40. The molecule has 1 aliphatic rings. The molecule has 1 aliphatic heterocycles. The standard InChI is InChI=1S/C26H24N2O2/c29-26(28-16-8-7-13-22(18-28)19-9-3-1-4-10-19)21-14-15-24-23(17-21)25(30-27-24)20-11-5-2-6-12-20/h1-6,9-12,14-15,17,22H,7-8,13,16,18H2. The van der Waals surface area contributed by atoms with E-state index in [4.69, 9.17) is 4.52 Å². The van der Waals surface area contributed by atoms with Crippen molar-refractivity contribution >= 4 is 16.8 Å². The highest BCUT2D eigenvalue weighted by molar-refractivity contribution is 6.01. The number of rotatable bonds is 3. The van der Waals surface area contributed by atoms with Crippen LogP contribution in [0.25, 0.3) is 22.2 Å².